The van der Waals surface area contributed by atoms with Gasteiger partial charge in [0.25, 0.3) is 0 Å². The molecule has 0 aromatic heterocycles. The van der Waals surface area contributed by atoms with E-state index < -0.39 is 3.79 Å². The molecule has 0 unspecified atom stereocenters. The molecule has 12 heavy (non-hydrogen) atoms. The van der Waals surface area contributed by atoms with E-state index in [0.29, 0.717) is 5.56 Å². The number of phenols is 1. The van der Waals surface area contributed by atoms with E-state index in [1.165, 1.54) is 6.07 Å². The summed E-state index contributed by atoms with van der Waals surface area (Å²) < 4.78 is -1.56. The number of alkyl halides is 3. The molecule has 0 heterocycles. The molecule has 1 aromatic carbocycles. The Hall–Kier alpha value is -0.110. The van der Waals surface area contributed by atoms with Gasteiger partial charge in [0, 0.05) is 5.56 Å². The fourth-order valence-corrected chi connectivity index (χ4v) is 1.33. The van der Waals surface area contributed by atoms with Crippen molar-refractivity contribution < 1.29 is 5.11 Å². The largest absolute Gasteiger partial charge is 0.508 e. The van der Waals surface area contributed by atoms with Crippen molar-refractivity contribution in [3.8, 4) is 5.75 Å². The Morgan fingerprint density at radius 3 is 2.25 bits per heavy atom. The van der Waals surface area contributed by atoms with Crippen LogP contribution in [-0.2, 0) is 3.79 Å². The summed E-state index contributed by atoms with van der Waals surface area (Å²) in [7, 11) is 0. The smallest absolute Gasteiger partial charge is 0.219 e. The van der Waals surface area contributed by atoms with E-state index in [4.69, 9.17) is 34.8 Å². The number of aromatic hydroxyl groups is 1. The lowest BCUT2D eigenvalue weighted by molar-refractivity contribution is 0.469. The molecule has 0 spiro atoms. The van der Waals surface area contributed by atoms with E-state index in [-0.39, 0.29) is 5.75 Å². The average molecular weight is 226 g/mol. The monoisotopic (exact) mass is 224 g/mol. The molecule has 0 saturated heterocycles. The molecular weight excluding hydrogens is 218 g/mol. The predicted octanol–water partition coefficient (Wildman–Crippen LogP) is 3.53. The van der Waals surface area contributed by atoms with Gasteiger partial charge in [-0.1, -0.05) is 46.4 Å². The summed E-state index contributed by atoms with van der Waals surface area (Å²) in [5, 5.41) is 9.32. The van der Waals surface area contributed by atoms with Crippen LogP contribution in [0.2, 0.25) is 0 Å². The predicted molar refractivity (Wildman–Crippen MR) is 52.1 cm³/mol. The Balaban J connectivity index is 3.23. The molecule has 0 atom stereocenters. The zero-order valence-corrected chi connectivity index (χ0v) is 8.58. The van der Waals surface area contributed by atoms with Crippen LogP contribution in [0.15, 0.2) is 18.2 Å². The number of halogens is 3. The van der Waals surface area contributed by atoms with Crippen LogP contribution in [0.1, 0.15) is 11.1 Å². The molecule has 0 aliphatic carbocycles. The van der Waals surface area contributed by atoms with Gasteiger partial charge in [-0.25, -0.2) is 0 Å². The van der Waals surface area contributed by atoms with Gasteiger partial charge in [0.05, 0.1) is 0 Å². The second kappa shape index (κ2) is 3.33. The van der Waals surface area contributed by atoms with Gasteiger partial charge in [-0.15, -0.1) is 0 Å². The van der Waals surface area contributed by atoms with E-state index in [9.17, 15) is 5.11 Å². The highest BCUT2D eigenvalue weighted by molar-refractivity contribution is 6.66. The Labute approximate surface area is 85.9 Å². The Morgan fingerprint density at radius 2 is 1.83 bits per heavy atom. The van der Waals surface area contributed by atoms with E-state index in [1.54, 1.807) is 12.1 Å². The molecule has 0 amide bonds. The van der Waals surface area contributed by atoms with Crippen LogP contribution in [0.3, 0.4) is 0 Å². The van der Waals surface area contributed by atoms with Crippen LogP contribution in [0.5, 0.6) is 5.75 Å². The van der Waals surface area contributed by atoms with Crippen LogP contribution in [0.25, 0.3) is 0 Å². The fraction of sp³-hybridized carbons (Fsp3) is 0.250. The number of hydrogen-bond acceptors (Lipinski definition) is 1. The average Bonchev–Trinajstić information content (AvgIpc) is 1.92. The summed E-state index contributed by atoms with van der Waals surface area (Å²) in [5.74, 6) is 0.000556. The maximum atomic E-state index is 9.32. The van der Waals surface area contributed by atoms with Crippen LogP contribution < -0.4 is 0 Å². The van der Waals surface area contributed by atoms with Crippen LogP contribution in [-0.4, -0.2) is 5.11 Å². The summed E-state index contributed by atoms with van der Waals surface area (Å²) in [5.41, 5.74) is 1.25. The number of benzene rings is 1. The van der Waals surface area contributed by atoms with Crippen molar-refractivity contribution >= 4 is 34.8 Å². The van der Waals surface area contributed by atoms with Gasteiger partial charge in [-0.05, 0) is 19.1 Å². The number of phenolic OH excluding ortho intramolecular Hbond substituents is 1. The van der Waals surface area contributed by atoms with E-state index in [2.05, 4.69) is 0 Å². The van der Waals surface area contributed by atoms with E-state index in [0.717, 1.165) is 5.56 Å². The van der Waals surface area contributed by atoms with Gasteiger partial charge < -0.3 is 5.11 Å². The first-order chi connectivity index (χ1) is 5.41. The molecule has 1 rings (SSSR count). The van der Waals surface area contributed by atoms with Gasteiger partial charge in [-0.2, -0.15) is 0 Å². The molecule has 0 aliphatic heterocycles. The molecule has 0 saturated carbocycles. The van der Waals surface area contributed by atoms with Gasteiger partial charge in [0.15, 0.2) is 0 Å². The lowest BCUT2D eigenvalue weighted by atomic mass is 10.1. The zero-order chi connectivity index (χ0) is 9.35. The lowest BCUT2D eigenvalue weighted by Gasteiger charge is -2.13. The van der Waals surface area contributed by atoms with Gasteiger partial charge in [0.1, 0.15) is 5.75 Å². The molecule has 1 nitrogen and oxygen atoms in total. The van der Waals surface area contributed by atoms with Crippen molar-refractivity contribution in [3.63, 3.8) is 0 Å². The normalized spacial score (nSPS) is 11.7. The van der Waals surface area contributed by atoms with Crippen molar-refractivity contribution in [1.82, 2.24) is 0 Å². The fourth-order valence-electron chi connectivity index (χ4n) is 0.877. The Bertz CT molecular complexity index is 291. The number of rotatable bonds is 0. The molecule has 1 N–H and O–H groups in total. The maximum Gasteiger partial charge on any atom is 0.219 e. The second-order valence-corrected chi connectivity index (χ2v) is 4.80. The molecule has 0 fully saturated rings. The van der Waals surface area contributed by atoms with Crippen LogP contribution in [0.4, 0.5) is 0 Å². The van der Waals surface area contributed by atoms with Gasteiger partial charge >= 0.3 is 0 Å². The third-order valence-corrected chi connectivity index (χ3v) is 2.07. The number of hydrogen-bond donors (Lipinski definition) is 1. The molecule has 66 valence electrons. The zero-order valence-electron chi connectivity index (χ0n) is 6.31. The number of aryl methyl sites for hydroxylation is 1. The quantitative estimate of drug-likeness (QED) is 0.670. The van der Waals surface area contributed by atoms with Gasteiger partial charge in [0.2, 0.25) is 3.79 Å². The highest BCUT2D eigenvalue weighted by atomic mass is 35.6. The van der Waals surface area contributed by atoms with Crippen molar-refractivity contribution in [3.05, 3.63) is 29.3 Å². The summed E-state index contributed by atoms with van der Waals surface area (Å²) in [6, 6.07) is 4.89. The van der Waals surface area contributed by atoms with Crippen LogP contribution in [0, 0.1) is 6.92 Å². The highest BCUT2D eigenvalue weighted by Crippen LogP contribution is 2.42. The Kier molecular flexibility index (Phi) is 2.77. The molecule has 0 radical (unpaired) electrons. The van der Waals surface area contributed by atoms with Crippen molar-refractivity contribution in [2.45, 2.75) is 10.7 Å². The first-order valence-electron chi connectivity index (χ1n) is 3.28. The summed E-state index contributed by atoms with van der Waals surface area (Å²) in [4.78, 5) is 0. The highest BCUT2D eigenvalue weighted by Gasteiger charge is 2.26. The minimum absolute atomic E-state index is 0.000556. The Morgan fingerprint density at radius 1 is 1.25 bits per heavy atom. The first kappa shape index (κ1) is 9.97. The minimum atomic E-state index is -1.56. The second-order valence-electron chi connectivity index (χ2n) is 2.52. The third kappa shape index (κ3) is 2.19. The third-order valence-electron chi connectivity index (χ3n) is 1.46. The standard InChI is InChI=1S/C8H7Cl3O/c1-5-2-3-7(12)6(4-5)8(9,10)11/h2-4,12H,1H3. The van der Waals surface area contributed by atoms with Crippen molar-refractivity contribution in [2.24, 2.45) is 0 Å². The molecule has 4 heteroatoms. The molecule has 0 bridgehead atoms. The van der Waals surface area contributed by atoms with Gasteiger partial charge in [-0.3, -0.25) is 0 Å². The minimum Gasteiger partial charge on any atom is -0.508 e. The SMILES string of the molecule is Cc1ccc(O)c(C(Cl)(Cl)Cl)c1. The van der Waals surface area contributed by atoms with Crippen molar-refractivity contribution in [1.29, 1.82) is 0 Å². The van der Waals surface area contributed by atoms with E-state index >= 15 is 0 Å². The first-order valence-corrected chi connectivity index (χ1v) is 4.41. The lowest BCUT2D eigenvalue weighted by Crippen LogP contribution is -2.00. The van der Waals surface area contributed by atoms with Crippen LogP contribution >= 0.6 is 34.8 Å². The molecular formula is C8H7Cl3O. The summed E-state index contributed by atoms with van der Waals surface area (Å²) in [6.07, 6.45) is 0. The van der Waals surface area contributed by atoms with Crippen molar-refractivity contribution in [2.75, 3.05) is 0 Å². The topological polar surface area (TPSA) is 20.2 Å². The van der Waals surface area contributed by atoms with E-state index in [1.807, 2.05) is 6.92 Å². The summed E-state index contributed by atoms with van der Waals surface area (Å²) >= 11 is 16.8. The molecule has 0 aliphatic rings. The molecule has 1 aromatic rings. The maximum absolute atomic E-state index is 9.32. The summed E-state index contributed by atoms with van der Waals surface area (Å²) in [6.45, 7) is 1.86.